The number of alkyl halides is 1. The summed E-state index contributed by atoms with van der Waals surface area (Å²) >= 11 is 3.33. The summed E-state index contributed by atoms with van der Waals surface area (Å²) in [7, 11) is 0. The van der Waals surface area contributed by atoms with Crippen molar-refractivity contribution in [3.63, 3.8) is 0 Å². The number of halogens is 1. The number of hydrogen-bond acceptors (Lipinski definition) is 2. The number of carbonyl (C=O) groups excluding carboxylic acids is 1. The SMILES string of the molecule is O=C(CCCCBr)N[C@H](CO)c1ccccc1. The monoisotopic (exact) mass is 299 g/mol. The second-order valence-corrected chi connectivity index (χ2v) is 4.65. The fraction of sp³-hybridized carbons (Fsp3) is 0.462. The number of aliphatic hydroxyl groups excluding tert-OH is 1. The van der Waals surface area contributed by atoms with Crippen LogP contribution in [0.4, 0.5) is 0 Å². The number of hydrogen-bond donors (Lipinski definition) is 2. The van der Waals surface area contributed by atoms with Crippen LogP contribution < -0.4 is 5.32 Å². The number of unbranched alkanes of at least 4 members (excludes halogenated alkanes) is 1. The molecular weight excluding hydrogens is 282 g/mol. The van der Waals surface area contributed by atoms with E-state index in [9.17, 15) is 9.90 Å². The van der Waals surface area contributed by atoms with Crippen molar-refractivity contribution >= 4 is 21.8 Å². The maximum Gasteiger partial charge on any atom is 0.220 e. The van der Waals surface area contributed by atoms with Crippen molar-refractivity contribution in [3.8, 4) is 0 Å². The van der Waals surface area contributed by atoms with Crippen molar-refractivity contribution in [2.45, 2.75) is 25.3 Å². The highest BCUT2D eigenvalue weighted by Crippen LogP contribution is 2.12. The van der Waals surface area contributed by atoms with Crippen LogP contribution in [0.15, 0.2) is 30.3 Å². The molecule has 4 heteroatoms. The van der Waals surface area contributed by atoms with Crippen molar-refractivity contribution in [1.29, 1.82) is 0 Å². The Morgan fingerprint density at radius 3 is 2.59 bits per heavy atom. The molecule has 0 aliphatic rings. The van der Waals surface area contributed by atoms with Gasteiger partial charge in [-0.3, -0.25) is 4.79 Å². The highest BCUT2D eigenvalue weighted by molar-refractivity contribution is 9.09. The first kappa shape index (κ1) is 14.2. The highest BCUT2D eigenvalue weighted by atomic mass is 79.9. The van der Waals surface area contributed by atoms with Crippen molar-refractivity contribution in [2.75, 3.05) is 11.9 Å². The van der Waals surface area contributed by atoms with Gasteiger partial charge < -0.3 is 10.4 Å². The van der Waals surface area contributed by atoms with E-state index in [0.717, 1.165) is 23.7 Å². The van der Waals surface area contributed by atoms with Crippen LogP contribution in [0.2, 0.25) is 0 Å². The molecule has 2 N–H and O–H groups in total. The van der Waals surface area contributed by atoms with E-state index in [1.165, 1.54) is 0 Å². The molecule has 1 rings (SSSR count). The van der Waals surface area contributed by atoms with Gasteiger partial charge in [-0.05, 0) is 18.4 Å². The van der Waals surface area contributed by atoms with Crippen LogP contribution in [-0.4, -0.2) is 23.0 Å². The molecule has 1 aromatic rings. The first-order valence-electron chi connectivity index (χ1n) is 5.79. The number of carbonyl (C=O) groups is 1. The maximum atomic E-state index is 11.6. The molecule has 0 unspecified atom stereocenters. The lowest BCUT2D eigenvalue weighted by Crippen LogP contribution is -2.30. The Morgan fingerprint density at radius 1 is 1.29 bits per heavy atom. The number of rotatable bonds is 7. The molecule has 0 heterocycles. The predicted octanol–water partition coefficient (Wildman–Crippen LogP) is 2.40. The molecule has 0 radical (unpaired) electrons. The standard InChI is InChI=1S/C13H18BrNO2/c14-9-5-4-8-13(17)15-12(10-16)11-6-2-1-3-7-11/h1-3,6-7,12,16H,4-5,8-10H2,(H,15,17)/t12-/m1/s1. The zero-order chi connectivity index (χ0) is 12.5. The summed E-state index contributed by atoms with van der Waals surface area (Å²) in [5, 5.41) is 13.0. The van der Waals surface area contributed by atoms with E-state index in [4.69, 9.17) is 0 Å². The summed E-state index contributed by atoms with van der Waals surface area (Å²) < 4.78 is 0. The molecule has 17 heavy (non-hydrogen) atoms. The van der Waals surface area contributed by atoms with Crippen LogP contribution in [0.5, 0.6) is 0 Å². The van der Waals surface area contributed by atoms with Gasteiger partial charge in [-0.2, -0.15) is 0 Å². The van der Waals surface area contributed by atoms with Gasteiger partial charge in [0.1, 0.15) is 0 Å². The summed E-state index contributed by atoms with van der Waals surface area (Å²) in [6.07, 6.45) is 2.36. The Balaban J connectivity index is 2.44. The van der Waals surface area contributed by atoms with Crippen molar-refractivity contribution in [1.82, 2.24) is 5.32 Å². The van der Waals surface area contributed by atoms with Crippen molar-refractivity contribution in [3.05, 3.63) is 35.9 Å². The zero-order valence-electron chi connectivity index (χ0n) is 9.73. The van der Waals surface area contributed by atoms with Gasteiger partial charge >= 0.3 is 0 Å². The molecule has 0 aliphatic heterocycles. The van der Waals surface area contributed by atoms with E-state index >= 15 is 0 Å². The molecular formula is C13H18BrNO2. The van der Waals surface area contributed by atoms with Gasteiger partial charge in [0, 0.05) is 11.8 Å². The van der Waals surface area contributed by atoms with E-state index in [-0.39, 0.29) is 18.6 Å². The molecule has 0 saturated carbocycles. The minimum Gasteiger partial charge on any atom is -0.394 e. The van der Waals surface area contributed by atoms with E-state index in [1.807, 2.05) is 30.3 Å². The van der Waals surface area contributed by atoms with E-state index in [0.29, 0.717) is 6.42 Å². The molecule has 0 aromatic heterocycles. The largest absolute Gasteiger partial charge is 0.394 e. The van der Waals surface area contributed by atoms with Crippen molar-refractivity contribution < 1.29 is 9.90 Å². The topological polar surface area (TPSA) is 49.3 Å². The minimum absolute atomic E-state index is 0.00569. The van der Waals surface area contributed by atoms with Gasteiger partial charge in [0.15, 0.2) is 0 Å². The zero-order valence-corrected chi connectivity index (χ0v) is 11.3. The minimum atomic E-state index is -0.298. The van der Waals surface area contributed by atoms with Gasteiger partial charge in [-0.15, -0.1) is 0 Å². The van der Waals surface area contributed by atoms with E-state index < -0.39 is 0 Å². The predicted molar refractivity (Wildman–Crippen MR) is 72.1 cm³/mol. The Hall–Kier alpha value is -0.870. The van der Waals surface area contributed by atoms with Crippen LogP contribution in [0.1, 0.15) is 30.9 Å². The lowest BCUT2D eigenvalue weighted by molar-refractivity contribution is -0.122. The lowest BCUT2D eigenvalue weighted by Gasteiger charge is -2.16. The number of aliphatic hydroxyl groups is 1. The fourth-order valence-corrected chi connectivity index (χ4v) is 1.96. The summed E-state index contributed by atoms with van der Waals surface area (Å²) in [6.45, 7) is -0.0752. The second kappa shape index (κ2) is 8.25. The third-order valence-electron chi connectivity index (χ3n) is 2.51. The molecule has 0 bridgehead atoms. The van der Waals surface area contributed by atoms with Gasteiger partial charge in [0.25, 0.3) is 0 Å². The van der Waals surface area contributed by atoms with Gasteiger partial charge in [-0.1, -0.05) is 46.3 Å². The Morgan fingerprint density at radius 2 is 2.00 bits per heavy atom. The van der Waals surface area contributed by atoms with Gasteiger partial charge in [-0.25, -0.2) is 0 Å². The first-order valence-corrected chi connectivity index (χ1v) is 6.91. The second-order valence-electron chi connectivity index (χ2n) is 3.86. The van der Waals surface area contributed by atoms with Crippen LogP contribution >= 0.6 is 15.9 Å². The average Bonchev–Trinajstić information content (AvgIpc) is 2.37. The first-order chi connectivity index (χ1) is 8.27. The molecule has 94 valence electrons. The molecule has 0 spiro atoms. The number of benzene rings is 1. The molecule has 0 fully saturated rings. The quantitative estimate of drug-likeness (QED) is 0.600. The molecule has 0 aliphatic carbocycles. The number of nitrogens with one attached hydrogen (secondary N) is 1. The molecule has 1 amide bonds. The van der Waals surface area contributed by atoms with E-state index in [1.54, 1.807) is 0 Å². The van der Waals surface area contributed by atoms with Gasteiger partial charge in [0.2, 0.25) is 5.91 Å². The molecule has 0 saturated heterocycles. The Bertz CT molecular complexity index is 329. The molecule has 1 atom stereocenters. The Labute approximate surface area is 110 Å². The van der Waals surface area contributed by atoms with Crippen LogP contribution in [-0.2, 0) is 4.79 Å². The maximum absolute atomic E-state index is 11.6. The molecule has 3 nitrogen and oxygen atoms in total. The normalized spacial score (nSPS) is 12.1. The van der Waals surface area contributed by atoms with Crippen LogP contribution in [0.25, 0.3) is 0 Å². The Kier molecular flexibility index (Phi) is 6.89. The van der Waals surface area contributed by atoms with E-state index in [2.05, 4.69) is 21.2 Å². The summed E-state index contributed by atoms with van der Waals surface area (Å²) in [5.74, 6) is -0.00569. The summed E-state index contributed by atoms with van der Waals surface area (Å²) in [4.78, 5) is 11.6. The van der Waals surface area contributed by atoms with Crippen LogP contribution in [0, 0.1) is 0 Å². The van der Waals surface area contributed by atoms with Crippen LogP contribution in [0.3, 0.4) is 0 Å². The third kappa shape index (κ3) is 5.33. The average molecular weight is 300 g/mol. The third-order valence-corrected chi connectivity index (χ3v) is 3.07. The molecule has 1 aromatic carbocycles. The van der Waals surface area contributed by atoms with Gasteiger partial charge in [0.05, 0.1) is 12.6 Å². The van der Waals surface area contributed by atoms with Crippen molar-refractivity contribution in [2.24, 2.45) is 0 Å². The number of amides is 1. The lowest BCUT2D eigenvalue weighted by atomic mass is 10.1. The smallest absolute Gasteiger partial charge is 0.220 e. The fourth-order valence-electron chi connectivity index (χ4n) is 1.57. The highest BCUT2D eigenvalue weighted by Gasteiger charge is 2.12. The summed E-state index contributed by atoms with van der Waals surface area (Å²) in [6, 6.07) is 9.21. The summed E-state index contributed by atoms with van der Waals surface area (Å²) in [5.41, 5.74) is 0.934.